The summed E-state index contributed by atoms with van der Waals surface area (Å²) in [7, 11) is 0. The van der Waals surface area contributed by atoms with Crippen molar-refractivity contribution in [2.45, 2.75) is 26.3 Å². The molecule has 1 N–H and O–H groups in total. The number of carbonyl (C=O) groups is 1. The van der Waals surface area contributed by atoms with E-state index in [0.29, 0.717) is 0 Å². The van der Waals surface area contributed by atoms with Gasteiger partial charge in [-0.2, -0.15) is 0 Å². The summed E-state index contributed by atoms with van der Waals surface area (Å²) in [6.45, 7) is 4.75. The summed E-state index contributed by atoms with van der Waals surface area (Å²) in [6.07, 6.45) is 1.53. The molecule has 4 heteroatoms. The molecule has 1 aliphatic rings. The van der Waals surface area contributed by atoms with Gasteiger partial charge in [-0.05, 0) is 56.1 Å². The maximum atomic E-state index is 10.9. The van der Waals surface area contributed by atoms with E-state index in [0.717, 1.165) is 36.9 Å². The van der Waals surface area contributed by atoms with Crippen molar-refractivity contribution in [1.29, 1.82) is 0 Å². The molecule has 1 aromatic carbocycles. The van der Waals surface area contributed by atoms with E-state index in [1.807, 2.05) is 0 Å². The SMILES string of the molecule is Cc1cc(Br)cc(CN2CCC(C(=O)O)CC2)c1. The van der Waals surface area contributed by atoms with E-state index in [9.17, 15) is 4.79 Å². The number of piperidine rings is 1. The Hall–Kier alpha value is -0.870. The second kappa shape index (κ2) is 5.85. The summed E-state index contributed by atoms with van der Waals surface area (Å²) >= 11 is 3.51. The van der Waals surface area contributed by atoms with Crippen molar-refractivity contribution < 1.29 is 9.90 Å². The molecule has 0 atom stereocenters. The first-order valence-corrected chi connectivity index (χ1v) is 7.05. The molecule has 1 aromatic rings. The third-order valence-corrected chi connectivity index (χ3v) is 3.90. The highest BCUT2D eigenvalue weighted by Gasteiger charge is 2.24. The minimum absolute atomic E-state index is 0.148. The van der Waals surface area contributed by atoms with Gasteiger partial charge in [-0.15, -0.1) is 0 Å². The number of nitrogens with zero attached hydrogens (tertiary/aromatic N) is 1. The third-order valence-electron chi connectivity index (χ3n) is 3.44. The molecule has 1 aliphatic heterocycles. The second-order valence-corrected chi connectivity index (χ2v) is 5.94. The zero-order valence-electron chi connectivity index (χ0n) is 10.5. The highest BCUT2D eigenvalue weighted by Crippen LogP contribution is 2.21. The molecule has 1 fully saturated rings. The number of benzene rings is 1. The topological polar surface area (TPSA) is 40.5 Å². The third kappa shape index (κ3) is 3.56. The summed E-state index contributed by atoms with van der Waals surface area (Å²) in [5, 5.41) is 8.96. The Morgan fingerprint density at radius 3 is 2.61 bits per heavy atom. The Morgan fingerprint density at radius 2 is 2.06 bits per heavy atom. The predicted octanol–water partition coefficient (Wildman–Crippen LogP) is 3.05. The van der Waals surface area contributed by atoms with Crippen molar-refractivity contribution in [2.75, 3.05) is 13.1 Å². The lowest BCUT2D eigenvalue weighted by Gasteiger charge is -2.30. The maximum absolute atomic E-state index is 10.9. The van der Waals surface area contributed by atoms with E-state index in [1.54, 1.807) is 0 Å². The van der Waals surface area contributed by atoms with Crippen LogP contribution in [-0.2, 0) is 11.3 Å². The molecule has 18 heavy (non-hydrogen) atoms. The monoisotopic (exact) mass is 311 g/mol. The first kappa shape index (κ1) is 13.6. The van der Waals surface area contributed by atoms with Gasteiger partial charge in [-0.25, -0.2) is 0 Å². The molecular weight excluding hydrogens is 294 g/mol. The van der Waals surface area contributed by atoms with Crippen molar-refractivity contribution in [2.24, 2.45) is 5.92 Å². The molecule has 0 aliphatic carbocycles. The lowest BCUT2D eigenvalue weighted by Crippen LogP contribution is -2.35. The highest BCUT2D eigenvalue weighted by molar-refractivity contribution is 9.10. The van der Waals surface area contributed by atoms with Crippen molar-refractivity contribution in [3.05, 3.63) is 33.8 Å². The minimum atomic E-state index is -0.645. The summed E-state index contributed by atoms with van der Waals surface area (Å²) in [5.74, 6) is -0.793. The molecular formula is C14H18BrNO2. The standard InChI is InChI=1S/C14H18BrNO2/c1-10-6-11(8-13(15)7-10)9-16-4-2-12(3-5-16)14(17)18/h6-8,12H,2-5,9H2,1H3,(H,17,18). The first-order chi connectivity index (χ1) is 8.54. The molecule has 0 unspecified atom stereocenters. The Balaban J connectivity index is 1.93. The number of carboxylic acid groups (broad SMARTS) is 1. The van der Waals surface area contributed by atoms with Crippen LogP contribution in [0, 0.1) is 12.8 Å². The maximum Gasteiger partial charge on any atom is 0.306 e. The van der Waals surface area contributed by atoms with Crippen LogP contribution in [0.5, 0.6) is 0 Å². The number of likely N-dealkylation sites (tertiary alicyclic amines) is 1. The smallest absolute Gasteiger partial charge is 0.306 e. The molecule has 98 valence electrons. The van der Waals surface area contributed by atoms with Gasteiger partial charge in [-0.1, -0.05) is 22.0 Å². The van der Waals surface area contributed by atoms with Gasteiger partial charge in [0.25, 0.3) is 0 Å². The van der Waals surface area contributed by atoms with Gasteiger partial charge in [0.05, 0.1) is 5.92 Å². The Morgan fingerprint density at radius 1 is 1.39 bits per heavy atom. The molecule has 0 amide bonds. The van der Waals surface area contributed by atoms with Crippen LogP contribution < -0.4 is 0 Å². The van der Waals surface area contributed by atoms with Crippen LogP contribution in [0.15, 0.2) is 22.7 Å². The van der Waals surface area contributed by atoms with Gasteiger partial charge in [0, 0.05) is 11.0 Å². The van der Waals surface area contributed by atoms with E-state index in [2.05, 4.69) is 46.0 Å². The lowest BCUT2D eigenvalue weighted by molar-refractivity contribution is -0.143. The number of hydrogen-bond donors (Lipinski definition) is 1. The number of halogens is 1. The molecule has 0 bridgehead atoms. The zero-order chi connectivity index (χ0) is 13.1. The van der Waals surface area contributed by atoms with Crippen molar-refractivity contribution in [3.63, 3.8) is 0 Å². The van der Waals surface area contributed by atoms with Crippen molar-refractivity contribution in [1.82, 2.24) is 4.90 Å². The fourth-order valence-electron chi connectivity index (χ4n) is 2.50. The van der Waals surface area contributed by atoms with Crippen LogP contribution in [0.3, 0.4) is 0 Å². The molecule has 0 aromatic heterocycles. The summed E-state index contributed by atoms with van der Waals surface area (Å²) in [6, 6.07) is 6.42. The highest BCUT2D eigenvalue weighted by atomic mass is 79.9. The van der Waals surface area contributed by atoms with Crippen LogP contribution >= 0.6 is 15.9 Å². The van der Waals surface area contributed by atoms with Gasteiger partial charge in [0.15, 0.2) is 0 Å². The summed E-state index contributed by atoms with van der Waals surface area (Å²) in [5.41, 5.74) is 2.54. The fourth-order valence-corrected chi connectivity index (χ4v) is 3.15. The van der Waals surface area contributed by atoms with Crippen LogP contribution in [0.25, 0.3) is 0 Å². The second-order valence-electron chi connectivity index (χ2n) is 5.03. The minimum Gasteiger partial charge on any atom is -0.481 e. The van der Waals surface area contributed by atoms with Crippen LogP contribution in [0.1, 0.15) is 24.0 Å². The number of rotatable bonds is 3. The lowest BCUT2D eigenvalue weighted by atomic mass is 9.97. The van der Waals surface area contributed by atoms with Crippen LogP contribution in [-0.4, -0.2) is 29.1 Å². The van der Waals surface area contributed by atoms with Gasteiger partial charge >= 0.3 is 5.97 Å². The molecule has 3 nitrogen and oxygen atoms in total. The Labute approximate surface area is 116 Å². The predicted molar refractivity (Wildman–Crippen MR) is 74.5 cm³/mol. The Kier molecular flexibility index (Phi) is 4.40. The average Bonchev–Trinajstić information content (AvgIpc) is 2.28. The molecule has 1 heterocycles. The number of aliphatic carboxylic acids is 1. The van der Waals surface area contributed by atoms with E-state index in [1.165, 1.54) is 11.1 Å². The number of aryl methyl sites for hydroxylation is 1. The largest absolute Gasteiger partial charge is 0.481 e. The molecule has 0 radical (unpaired) electrons. The van der Waals surface area contributed by atoms with Crippen molar-refractivity contribution >= 4 is 21.9 Å². The number of hydrogen-bond acceptors (Lipinski definition) is 2. The quantitative estimate of drug-likeness (QED) is 0.932. The molecule has 0 spiro atoms. The molecule has 1 saturated heterocycles. The van der Waals surface area contributed by atoms with Gasteiger partial charge in [-0.3, -0.25) is 9.69 Å². The summed E-state index contributed by atoms with van der Waals surface area (Å²) < 4.78 is 1.11. The van der Waals surface area contributed by atoms with Gasteiger partial charge < -0.3 is 5.11 Å². The van der Waals surface area contributed by atoms with E-state index in [4.69, 9.17) is 5.11 Å². The average molecular weight is 312 g/mol. The fraction of sp³-hybridized carbons (Fsp3) is 0.500. The number of carboxylic acids is 1. The first-order valence-electron chi connectivity index (χ1n) is 6.26. The van der Waals surface area contributed by atoms with E-state index in [-0.39, 0.29) is 5.92 Å². The van der Waals surface area contributed by atoms with E-state index >= 15 is 0 Å². The molecule has 2 rings (SSSR count). The summed E-state index contributed by atoms with van der Waals surface area (Å²) in [4.78, 5) is 13.2. The van der Waals surface area contributed by atoms with Crippen LogP contribution in [0.2, 0.25) is 0 Å². The van der Waals surface area contributed by atoms with E-state index < -0.39 is 5.97 Å². The molecule has 0 saturated carbocycles. The normalized spacial score (nSPS) is 17.9. The zero-order valence-corrected chi connectivity index (χ0v) is 12.1. The van der Waals surface area contributed by atoms with Gasteiger partial charge in [0.1, 0.15) is 0 Å². The van der Waals surface area contributed by atoms with Crippen LogP contribution in [0.4, 0.5) is 0 Å². The van der Waals surface area contributed by atoms with Crippen molar-refractivity contribution in [3.8, 4) is 0 Å². The van der Waals surface area contributed by atoms with Gasteiger partial charge in [0.2, 0.25) is 0 Å². The Bertz CT molecular complexity index is 419.